The summed E-state index contributed by atoms with van der Waals surface area (Å²) in [4.78, 5) is 10.3. The Morgan fingerprint density at radius 2 is 2.12 bits per heavy atom. The van der Waals surface area contributed by atoms with Crippen LogP contribution in [0.1, 0.15) is 20.3 Å². The number of rotatable bonds is 3. The van der Waals surface area contributed by atoms with Gasteiger partial charge in [-0.15, -0.1) is 0 Å². The van der Waals surface area contributed by atoms with E-state index in [4.69, 9.17) is 0 Å². The summed E-state index contributed by atoms with van der Waals surface area (Å²) in [6.45, 7) is 3.15. The Hall–Kier alpha value is -0.370. The Morgan fingerprint density at radius 3 is 2.25 bits per heavy atom. The molecule has 0 aliphatic carbocycles. The molecule has 0 aromatic rings. The van der Waals surface area contributed by atoms with Crippen LogP contribution in [0.3, 0.4) is 0 Å². The molecule has 0 rings (SSSR count). The third-order valence-electron chi connectivity index (χ3n) is 0.920. The third-order valence-corrected chi connectivity index (χ3v) is 0.920. The van der Waals surface area contributed by atoms with Crippen LogP contribution in [0.4, 0.5) is 0 Å². The molecule has 0 aromatic carbocycles. The molecule has 0 aliphatic rings. The van der Waals surface area contributed by atoms with Gasteiger partial charge in [0.1, 0.15) is 5.78 Å². The van der Waals surface area contributed by atoms with Crippen LogP contribution in [0.25, 0.3) is 0 Å². The normalized spacial score (nSPS) is 13.4. The molecule has 0 amide bonds. The lowest BCUT2D eigenvalue weighted by atomic mass is 10.1. The van der Waals surface area contributed by atoms with Crippen molar-refractivity contribution in [2.24, 2.45) is 5.92 Å². The molecule has 0 bridgehead atoms. The van der Waals surface area contributed by atoms with Crippen LogP contribution in [0.15, 0.2) is 0 Å². The highest BCUT2D eigenvalue weighted by atomic mass is 16.3. The number of Topliss-reactive ketones (excluding diaryl/α,β-unsaturated/α-hetero) is 1. The van der Waals surface area contributed by atoms with Gasteiger partial charge in [0.25, 0.3) is 0 Å². The smallest absolute Gasteiger partial charge is 0.130 e. The second-order valence-corrected chi connectivity index (χ2v) is 2.18. The molecule has 0 saturated heterocycles. The number of hydrogen-bond donors (Lipinski definition) is 0. The van der Waals surface area contributed by atoms with Crippen LogP contribution in [0.5, 0.6) is 0 Å². The molecule has 2 nitrogen and oxygen atoms in total. The number of carbonyl (C=O) groups excluding carboxylic acids is 1. The van der Waals surface area contributed by atoms with Crippen molar-refractivity contribution < 1.29 is 9.90 Å². The van der Waals surface area contributed by atoms with E-state index in [0.29, 0.717) is 6.42 Å². The molecule has 1 unspecified atom stereocenters. The number of carbonyl (C=O) groups is 1. The van der Waals surface area contributed by atoms with Crippen molar-refractivity contribution in [1.82, 2.24) is 0 Å². The van der Waals surface area contributed by atoms with E-state index < -0.39 is 0 Å². The summed E-state index contributed by atoms with van der Waals surface area (Å²) >= 11 is 0. The van der Waals surface area contributed by atoms with Crippen molar-refractivity contribution in [3.63, 3.8) is 0 Å². The molecule has 47 valence electrons. The lowest BCUT2D eigenvalue weighted by Gasteiger charge is -1.99. The monoisotopic (exact) mass is 115 g/mol. The average Bonchev–Trinajstić information content (AvgIpc) is 1.65. The molecule has 0 aromatic heterocycles. The van der Waals surface area contributed by atoms with Gasteiger partial charge < -0.3 is 4.79 Å². The first-order valence-corrected chi connectivity index (χ1v) is 2.74. The summed E-state index contributed by atoms with van der Waals surface area (Å²) in [5, 5.41) is 10.0. The minimum absolute atomic E-state index is 0.0208. The second kappa shape index (κ2) is 3.61. The quantitative estimate of drug-likeness (QED) is 0.541. The van der Waals surface area contributed by atoms with E-state index in [1.165, 1.54) is 6.92 Å². The zero-order chi connectivity index (χ0) is 6.57. The topological polar surface area (TPSA) is 37.0 Å². The van der Waals surface area contributed by atoms with E-state index in [2.05, 4.69) is 0 Å². The SMILES string of the molecule is CC(=O)CC(C)C[O]. The van der Waals surface area contributed by atoms with Gasteiger partial charge in [0, 0.05) is 6.42 Å². The highest BCUT2D eigenvalue weighted by Gasteiger charge is 2.02. The maximum Gasteiger partial charge on any atom is 0.130 e. The van der Waals surface area contributed by atoms with Gasteiger partial charge in [-0.05, 0) is 12.8 Å². The van der Waals surface area contributed by atoms with Crippen LogP contribution >= 0.6 is 0 Å². The first-order valence-electron chi connectivity index (χ1n) is 2.74. The molecule has 8 heavy (non-hydrogen) atoms. The van der Waals surface area contributed by atoms with Crippen molar-refractivity contribution >= 4 is 5.78 Å². The van der Waals surface area contributed by atoms with Crippen LogP contribution in [-0.4, -0.2) is 12.4 Å². The lowest BCUT2D eigenvalue weighted by Crippen LogP contribution is -2.04. The van der Waals surface area contributed by atoms with Crippen molar-refractivity contribution in [2.45, 2.75) is 20.3 Å². The summed E-state index contributed by atoms with van der Waals surface area (Å²) in [7, 11) is 0. The van der Waals surface area contributed by atoms with Gasteiger partial charge in [-0.2, -0.15) is 0 Å². The van der Waals surface area contributed by atoms with E-state index in [0.717, 1.165) is 0 Å². The second-order valence-electron chi connectivity index (χ2n) is 2.18. The van der Waals surface area contributed by atoms with Gasteiger partial charge in [0.05, 0.1) is 6.61 Å². The molecule has 1 atom stereocenters. The van der Waals surface area contributed by atoms with Crippen molar-refractivity contribution in [3.05, 3.63) is 0 Å². The molecule has 0 saturated carbocycles. The fourth-order valence-corrected chi connectivity index (χ4v) is 0.550. The van der Waals surface area contributed by atoms with Crippen LogP contribution < -0.4 is 0 Å². The molecule has 0 heterocycles. The Morgan fingerprint density at radius 1 is 1.62 bits per heavy atom. The van der Waals surface area contributed by atoms with Crippen LogP contribution in [0.2, 0.25) is 0 Å². The maximum atomic E-state index is 10.3. The van der Waals surface area contributed by atoms with Crippen molar-refractivity contribution in [2.75, 3.05) is 6.61 Å². The zero-order valence-electron chi connectivity index (χ0n) is 5.31. The first-order chi connectivity index (χ1) is 3.66. The molecule has 0 fully saturated rings. The van der Waals surface area contributed by atoms with Gasteiger partial charge in [0.2, 0.25) is 0 Å². The molecule has 1 radical (unpaired) electrons. The average molecular weight is 115 g/mol. The fraction of sp³-hybridized carbons (Fsp3) is 0.833. The van der Waals surface area contributed by atoms with Gasteiger partial charge in [-0.3, -0.25) is 0 Å². The van der Waals surface area contributed by atoms with E-state index in [9.17, 15) is 9.90 Å². The van der Waals surface area contributed by atoms with E-state index in [1.54, 1.807) is 6.92 Å². The molecular formula is C6H11O2. The summed E-state index contributed by atoms with van der Waals surface area (Å²) in [6.07, 6.45) is 0.434. The molecule has 2 heteroatoms. The highest BCUT2D eigenvalue weighted by molar-refractivity contribution is 5.75. The van der Waals surface area contributed by atoms with Gasteiger partial charge in [-0.25, -0.2) is 5.11 Å². The van der Waals surface area contributed by atoms with Gasteiger partial charge in [0.15, 0.2) is 0 Å². The highest BCUT2D eigenvalue weighted by Crippen LogP contribution is 1.99. The largest absolute Gasteiger partial charge is 0.300 e. The van der Waals surface area contributed by atoms with Crippen LogP contribution in [-0.2, 0) is 9.90 Å². The van der Waals surface area contributed by atoms with E-state index >= 15 is 0 Å². The summed E-state index contributed by atoms with van der Waals surface area (Å²) < 4.78 is 0. The predicted molar refractivity (Wildman–Crippen MR) is 30.0 cm³/mol. The standard InChI is InChI=1S/C6H11O2/c1-5(4-7)3-6(2)8/h5H,3-4H2,1-2H3. The number of ketones is 1. The lowest BCUT2D eigenvalue weighted by molar-refractivity contribution is -0.118. The van der Waals surface area contributed by atoms with E-state index in [-0.39, 0.29) is 18.3 Å². The Bertz CT molecular complexity index is 78.6. The molecule has 0 aliphatic heterocycles. The van der Waals surface area contributed by atoms with Crippen molar-refractivity contribution in [3.8, 4) is 0 Å². The first kappa shape index (κ1) is 7.63. The molecule has 0 N–H and O–H groups in total. The van der Waals surface area contributed by atoms with Crippen molar-refractivity contribution in [1.29, 1.82) is 0 Å². The minimum Gasteiger partial charge on any atom is -0.300 e. The van der Waals surface area contributed by atoms with E-state index in [1.807, 2.05) is 0 Å². The Kier molecular flexibility index (Phi) is 3.44. The number of hydrogen-bond acceptors (Lipinski definition) is 1. The van der Waals surface area contributed by atoms with Crippen LogP contribution in [0, 0.1) is 5.92 Å². The van der Waals surface area contributed by atoms with Gasteiger partial charge in [-0.1, -0.05) is 6.92 Å². The summed E-state index contributed by atoms with van der Waals surface area (Å²) in [6, 6.07) is 0. The predicted octanol–water partition coefficient (Wildman–Crippen LogP) is 1.03. The Labute approximate surface area is 49.5 Å². The molecule has 0 spiro atoms. The third kappa shape index (κ3) is 3.81. The fourth-order valence-electron chi connectivity index (χ4n) is 0.550. The maximum absolute atomic E-state index is 10.3. The van der Waals surface area contributed by atoms with Gasteiger partial charge >= 0.3 is 0 Å². The summed E-state index contributed by atoms with van der Waals surface area (Å²) in [5.41, 5.74) is 0. The minimum atomic E-state index is -0.139. The Balaban J connectivity index is 3.24. The summed E-state index contributed by atoms with van der Waals surface area (Å²) in [5.74, 6) is 0.126. The zero-order valence-corrected chi connectivity index (χ0v) is 5.31. The molecular weight excluding hydrogens is 104 g/mol.